The van der Waals surface area contributed by atoms with Crippen molar-refractivity contribution in [1.29, 1.82) is 0 Å². The third-order valence-electron chi connectivity index (χ3n) is 3.03. The number of hydrogen-bond donors (Lipinski definition) is 1. The molecule has 4 nitrogen and oxygen atoms in total. The van der Waals surface area contributed by atoms with Gasteiger partial charge in [-0.2, -0.15) is 0 Å². The molecule has 1 saturated heterocycles. The Morgan fingerprint density at radius 1 is 1.24 bits per heavy atom. The van der Waals surface area contributed by atoms with Gasteiger partial charge < -0.3 is 10.0 Å². The Kier molecular flexibility index (Phi) is 3.64. The molecule has 2 amide bonds. The summed E-state index contributed by atoms with van der Waals surface area (Å²) < 4.78 is 0. The standard InChI is InChI=1S/C13H18N2O2/c1-11-3-5-12(6-4-11)15-9-8-14(13(15)17)7-2-10-16/h3-6,16H,2,7-10H2,1H3. The van der Waals surface area contributed by atoms with Crippen LogP contribution in [0.25, 0.3) is 0 Å². The fraction of sp³-hybridized carbons (Fsp3) is 0.462. The summed E-state index contributed by atoms with van der Waals surface area (Å²) in [6.45, 7) is 4.27. The predicted octanol–water partition coefficient (Wildman–Crippen LogP) is 1.62. The van der Waals surface area contributed by atoms with Crippen LogP contribution in [0.4, 0.5) is 10.5 Å². The number of carbonyl (C=O) groups excluding carboxylic acids is 1. The van der Waals surface area contributed by atoms with Crippen molar-refractivity contribution in [2.45, 2.75) is 13.3 Å². The Labute approximate surface area is 101 Å². The van der Waals surface area contributed by atoms with Crippen molar-refractivity contribution < 1.29 is 9.90 Å². The largest absolute Gasteiger partial charge is 0.396 e. The molecule has 0 radical (unpaired) electrons. The van der Waals surface area contributed by atoms with Crippen molar-refractivity contribution >= 4 is 11.7 Å². The van der Waals surface area contributed by atoms with Gasteiger partial charge in [-0.25, -0.2) is 4.79 Å². The molecule has 0 atom stereocenters. The molecule has 1 aliphatic heterocycles. The van der Waals surface area contributed by atoms with Crippen molar-refractivity contribution in [3.8, 4) is 0 Å². The lowest BCUT2D eigenvalue weighted by molar-refractivity contribution is 0.211. The van der Waals surface area contributed by atoms with E-state index in [1.165, 1.54) is 5.56 Å². The lowest BCUT2D eigenvalue weighted by atomic mass is 10.2. The molecule has 0 saturated carbocycles. The van der Waals surface area contributed by atoms with Crippen LogP contribution in [0.3, 0.4) is 0 Å². The number of aliphatic hydroxyl groups is 1. The predicted molar refractivity (Wildman–Crippen MR) is 67.2 cm³/mol. The van der Waals surface area contributed by atoms with Crippen molar-refractivity contribution in [1.82, 2.24) is 4.90 Å². The second kappa shape index (κ2) is 5.19. The van der Waals surface area contributed by atoms with Gasteiger partial charge in [-0.1, -0.05) is 17.7 Å². The first kappa shape index (κ1) is 11.9. The minimum atomic E-state index is 0.0438. The highest BCUT2D eigenvalue weighted by Crippen LogP contribution is 2.20. The number of benzene rings is 1. The molecule has 17 heavy (non-hydrogen) atoms. The van der Waals surface area contributed by atoms with Crippen molar-refractivity contribution in [2.75, 3.05) is 31.1 Å². The molecule has 0 aliphatic carbocycles. The van der Waals surface area contributed by atoms with Crippen LogP contribution in [-0.2, 0) is 0 Å². The lowest BCUT2D eigenvalue weighted by Gasteiger charge is -2.18. The monoisotopic (exact) mass is 234 g/mol. The normalized spacial score (nSPS) is 15.8. The molecular weight excluding hydrogens is 216 g/mol. The van der Waals surface area contributed by atoms with Crippen LogP contribution in [0.1, 0.15) is 12.0 Å². The number of aryl methyl sites for hydroxylation is 1. The van der Waals surface area contributed by atoms with E-state index in [9.17, 15) is 4.79 Å². The summed E-state index contributed by atoms with van der Waals surface area (Å²) >= 11 is 0. The number of nitrogens with zero attached hydrogens (tertiary/aromatic N) is 2. The number of rotatable bonds is 4. The smallest absolute Gasteiger partial charge is 0.324 e. The van der Waals surface area contributed by atoms with Crippen LogP contribution in [-0.4, -0.2) is 42.3 Å². The van der Waals surface area contributed by atoms with Crippen LogP contribution < -0.4 is 4.90 Å². The molecule has 1 fully saturated rings. The Bertz CT molecular complexity index is 389. The fourth-order valence-corrected chi connectivity index (χ4v) is 2.02. The van der Waals surface area contributed by atoms with E-state index in [-0.39, 0.29) is 12.6 Å². The molecule has 4 heteroatoms. The lowest BCUT2D eigenvalue weighted by Crippen LogP contribution is -2.32. The van der Waals surface area contributed by atoms with Gasteiger partial charge in [-0.3, -0.25) is 4.90 Å². The van der Waals surface area contributed by atoms with Gasteiger partial charge in [-0.15, -0.1) is 0 Å². The zero-order valence-electron chi connectivity index (χ0n) is 10.1. The minimum Gasteiger partial charge on any atom is -0.396 e. The van der Waals surface area contributed by atoms with E-state index in [2.05, 4.69) is 0 Å². The Morgan fingerprint density at radius 2 is 1.94 bits per heavy atom. The number of anilines is 1. The van der Waals surface area contributed by atoms with Gasteiger partial charge in [0.1, 0.15) is 0 Å². The Morgan fingerprint density at radius 3 is 2.59 bits per heavy atom. The quantitative estimate of drug-likeness (QED) is 0.860. The topological polar surface area (TPSA) is 43.8 Å². The van der Waals surface area contributed by atoms with Crippen molar-refractivity contribution in [3.63, 3.8) is 0 Å². The summed E-state index contributed by atoms with van der Waals surface area (Å²) in [5.74, 6) is 0. The third-order valence-corrected chi connectivity index (χ3v) is 3.03. The van der Waals surface area contributed by atoms with Gasteiger partial charge in [0.05, 0.1) is 0 Å². The van der Waals surface area contributed by atoms with Crippen LogP contribution in [0, 0.1) is 6.92 Å². The number of urea groups is 1. The van der Waals surface area contributed by atoms with Gasteiger partial charge >= 0.3 is 6.03 Å². The number of amides is 2. The molecule has 0 aromatic heterocycles. The van der Waals surface area contributed by atoms with Crippen LogP contribution >= 0.6 is 0 Å². The molecule has 1 aliphatic rings. The first-order valence-electron chi connectivity index (χ1n) is 5.96. The van der Waals surface area contributed by atoms with Crippen molar-refractivity contribution in [2.24, 2.45) is 0 Å². The molecule has 1 aromatic rings. The summed E-state index contributed by atoms with van der Waals surface area (Å²) in [5.41, 5.74) is 2.14. The zero-order chi connectivity index (χ0) is 12.3. The molecule has 0 spiro atoms. The van der Waals surface area contributed by atoms with Gasteiger partial charge in [0.25, 0.3) is 0 Å². The summed E-state index contributed by atoms with van der Waals surface area (Å²) in [5, 5.41) is 8.77. The fourth-order valence-electron chi connectivity index (χ4n) is 2.02. The van der Waals surface area contributed by atoms with E-state index in [1.54, 1.807) is 9.80 Å². The average molecular weight is 234 g/mol. The number of carbonyl (C=O) groups is 1. The summed E-state index contributed by atoms with van der Waals surface area (Å²) in [7, 11) is 0. The zero-order valence-corrected chi connectivity index (χ0v) is 10.1. The first-order chi connectivity index (χ1) is 8.22. The number of aliphatic hydroxyl groups excluding tert-OH is 1. The molecule has 1 heterocycles. The van der Waals surface area contributed by atoms with E-state index in [1.807, 2.05) is 31.2 Å². The van der Waals surface area contributed by atoms with E-state index in [0.717, 1.165) is 18.8 Å². The SMILES string of the molecule is Cc1ccc(N2CCN(CCCO)C2=O)cc1. The highest BCUT2D eigenvalue weighted by atomic mass is 16.3. The van der Waals surface area contributed by atoms with Crippen molar-refractivity contribution in [3.05, 3.63) is 29.8 Å². The first-order valence-corrected chi connectivity index (χ1v) is 5.96. The summed E-state index contributed by atoms with van der Waals surface area (Å²) in [4.78, 5) is 15.6. The third kappa shape index (κ3) is 2.58. The molecule has 1 N–H and O–H groups in total. The molecule has 0 bridgehead atoms. The van der Waals surface area contributed by atoms with Crippen LogP contribution in [0.15, 0.2) is 24.3 Å². The molecular formula is C13H18N2O2. The molecule has 1 aromatic carbocycles. The Balaban J connectivity index is 2.04. The maximum Gasteiger partial charge on any atom is 0.324 e. The highest BCUT2D eigenvalue weighted by Gasteiger charge is 2.28. The second-order valence-electron chi connectivity index (χ2n) is 4.33. The molecule has 2 rings (SSSR count). The van der Waals surface area contributed by atoms with Crippen LogP contribution in [0.2, 0.25) is 0 Å². The highest BCUT2D eigenvalue weighted by molar-refractivity contribution is 5.94. The van der Waals surface area contributed by atoms with Gasteiger partial charge in [-0.05, 0) is 25.5 Å². The average Bonchev–Trinajstić information content (AvgIpc) is 2.69. The van der Waals surface area contributed by atoms with E-state index in [0.29, 0.717) is 13.0 Å². The number of hydrogen-bond acceptors (Lipinski definition) is 2. The molecule has 92 valence electrons. The Hall–Kier alpha value is -1.55. The van der Waals surface area contributed by atoms with Gasteiger partial charge in [0, 0.05) is 31.9 Å². The maximum atomic E-state index is 12.1. The van der Waals surface area contributed by atoms with E-state index < -0.39 is 0 Å². The van der Waals surface area contributed by atoms with E-state index in [4.69, 9.17) is 5.11 Å². The van der Waals surface area contributed by atoms with Gasteiger partial charge in [0.15, 0.2) is 0 Å². The summed E-state index contributed by atoms with van der Waals surface area (Å²) in [6, 6.07) is 8.02. The minimum absolute atomic E-state index is 0.0438. The summed E-state index contributed by atoms with van der Waals surface area (Å²) in [6.07, 6.45) is 0.646. The van der Waals surface area contributed by atoms with Gasteiger partial charge in [0.2, 0.25) is 0 Å². The second-order valence-corrected chi connectivity index (χ2v) is 4.33. The maximum absolute atomic E-state index is 12.1. The van der Waals surface area contributed by atoms with E-state index >= 15 is 0 Å². The van der Waals surface area contributed by atoms with Crippen LogP contribution in [0.5, 0.6) is 0 Å². The molecule has 0 unspecified atom stereocenters.